The molecule has 0 amide bonds. The Balaban J connectivity index is 4.43. The van der Waals surface area contributed by atoms with E-state index >= 15 is 0 Å². The van der Waals surface area contributed by atoms with E-state index < -0.39 is 11.4 Å². The first-order chi connectivity index (χ1) is 6.51. The largest absolute Gasteiger partial charge is 0.481 e. The Hall–Kier alpha value is -0.530. The molecule has 2 heteroatoms. The van der Waals surface area contributed by atoms with Gasteiger partial charge >= 0.3 is 5.97 Å². The van der Waals surface area contributed by atoms with Gasteiger partial charge in [-0.2, -0.15) is 0 Å². The molecule has 0 radical (unpaired) electrons. The number of carbonyl (C=O) groups is 1. The molecule has 1 unspecified atom stereocenters. The molecule has 0 aliphatic carbocycles. The second-order valence-corrected chi connectivity index (χ2v) is 4.43. The third-order valence-electron chi connectivity index (χ3n) is 3.39. The minimum Gasteiger partial charge on any atom is -0.481 e. The van der Waals surface area contributed by atoms with Crippen molar-refractivity contribution in [3.05, 3.63) is 0 Å². The first-order valence-corrected chi connectivity index (χ1v) is 5.74. The highest BCUT2D eigenvalue weighted by atomic mass is 16.4. The number of hydrogen-bond donors (Lipinski definition) is 1. The van der Waals surface area contributed by atoms with E-state index in [1.807, 2.05) is 20.8 Å². The fourth-order valence-corrected chi connectivity index (χ4v) is 2.07. The van der Waals surface area contributed by atoms with E-state index in [2.05, 4.69) is 6.92 Å². The zero-order valence-electron chi connectivity index (χ0n) is 9.97. The molecule has 0 aromatic heterocycles. The maximum atomic E-state index is 11.3. The Morgan fingerprint density at radius 3 is 2.14 bits per heavy atom. The molecule has 0 spiro atoms. The van der Waals surface area contributed by atoms with Crippen LogP contribution < -0.4 is 0 Å². The Morgan fingerprint density at radius 2 is 1.86 bits per heavy atom. The van der Waals surface area contributed by atoms with Crippen molar-refractivity contribution >= 4 is 5.97 Å². The van der Waals surface area contributed by atoms with Crippen LogP contribution in [0.25, 0.3) is 0 Å². The molecule has 14 heavy (non-hydrogen) atoms. The third kappa shape index (κ3) is 3.00. The Labute approximate surface area is 87.7 Å². The maximum absolute atomic E-state index is 11.3. The normalized spacial score (nSPS) is 15.5. The summed E-state index contributed by atoms with van der Waals surface area (Å²) in [7, 11) is 0. The van der Waals surface area contributed by atoms with Crippen molar-refractivity contribution in [3.63, 3.8) is 0 Å². The second-order valence-electron chi connectivity index (χ2n) is 4.43. The van der Waals surface area contributed by atoms with Crippen molar-refractivity contribution in [3.8, 4) is 0 Å². The van der Waals surface area contributed by atoms with Crippen LogP contribution in [0.15, 0.2) is 0 Å². The highest BCUT2D eigenvalue weighted by Crippen LogP contribution is 2.37. The van der Waals surface area contributed by atoms with Crippen molar-refractivity contribution in [1.29, 1.82) is 0 Å². The number of unbranched alkanes of at least 4 members (excludes halogenated alkanes) is 2. The number of rotatable bonds is 7. The van der Waals surface area contributed by atoms with Crippen molar-refractivity contribution in [2.75, 3.05) is 0 Å². The van der Waals surface area contributed by atoms with Gasteiger partial charge in [0.2, 0.25) is 0 Å². The first-order valence-electron chi connectivity index (χ1n) is 5.74. The second kappa shape index (κ2) is 6.05. The van der Waals surface area contributed by atoms with Gasteiger partial charge in [0.15, 0.2) is 0 Å². The van der Waals surface area contributed by atoms with Crippen LogP contribution in [0.5, 0.6) is 0 Å². The summed E-state index contributed by atoms with van der Waals surface area (Å²) in [5, 5.41) is 9.29. The summed E-state index contributed by atoms with van der Waals surface area (Å²) >= 11 is 0. The number of aliphatic carboxylic acids is 1. The van der Waals surface area contributed by atoms with Crippen LogP contribution in [-0.2, 0) is 4.79 Å². The first kappa shape index (κ1) is 13.5. The Morgan fingerprint density at radius 1 is 1.29 bits per heavy atom. The minimum absolute atomic E-state index is 0.224. The van der Waals surface area contributed by atoms with Crippen molar-refractivity contribution in [2.45, 2.75) is 59.8 Å². The lowest BCUT2D eigenvalue weighted by atomic mass is 9.71. The summed E-state index contributed by atoms with van der Waals surface area (Å²) < 4.78 is 0. The van der Waals surface area contributed by atoms with E-state index in [-0.39, 0.29) is 5.92 Å². The van der Waals surface area contributed by atoms with Crippen LogP contribution in [0.1, 0.15) is 59.8 Å². The highest BCUT2D eigenvalue weighted by molar-refractivity contribution is 5.74. The van der Waals surface area contributed by atoms with Crippen LogP contribution in [0, 0.1) is 11.3 Å². The van der Waals surface area contributed by atoms with Gasteiger partial charge in [0.05, 0.1) is 5.41 Å². The average Bonchev–Trinajstić information content (AvgIpc) is 2.11. The molecule has 1 atom stereocenters. The molecule has 0 bridgehead atoms. The van der Waals surface area contributed by atoms with Gasteiger partial charge in [-0.25, -0.2) is 0 Å². The lowest BCUT2D eigenvalue weighted by Crippen LogP contribution is -2.35. The molecule has 84 valence electrons. The van der Waals surface area contributed by atoms with Crippen molar-refractivity contribution < 1.29 is 9.90 Å². The van der Waals surface area contributed by atoms with Gasteiger partial charge < -0.3 is 5.11 Å². The minimum atomic E-state index is -0.619. The summed E-state index contributed by atoms with van der Waals surface area (Å²) in [4.78, 5) is 11.3. The number of carboxylic acid groups (broad SMARTS) is 1. The molecule has 0 heterocycles. The molecule has 1 N–H and O–H groups in total. The van der Waals surface area contributed by atoms with Crippen LogP contribution in [0.3, 0.4) is 0 Å². The molecule has 0 fully saturated rings. The van der Waals surface area contributed by atoms with E-state index in [1.165, 1.54) is 0 Å². The lowest BCUT2D eigenvalue weighted by Gasteiger charge is -2.32. The predicted octanol–water partition coefficient (Wildman–Crippen LogP) is 3.70. The van der Waals surface area contributed by atoms with Crippen LogP contribution in [0.4, 0.5) is 0 Å². The molecule has 0 aromatic carbocycles. The average molecular weight is 200 g/mol. The van der Waals surface area contributed by atoms with E-state index in [9.17, 15) is 9.90 Å². The van der Waals surface area contributed by atoms with Gasteiger partial charge in [-0.15, -0.1) is 0 Å². The Bertz CT molecular complexity index is 175. The summed E-state index contributed by atoms with van der Waals surface area (Å²) in [6.07, 6.45) is 4.89. The third-order valence-corrected chi connectivity index (χ3v) is 3.39. The summed E-state index contributed by atoms with van der Waals surface area (Å²) in [5.41, 5.74) is -0.491. The van der Waals surface area contributed by atoms with Crippen molar-refractivity contribution in [1.82, 2.24) is 0 Å². The van der Waals surface area contributed by atoms with Crippen LogP contribution in [0.2, 0.25) is 0 Å². The quantitative estimate of drug-likeness (QED) is 0.636. The predicted molar refractivity (Wildman–Crippen MR) is 59.3 cm³/mol. The zero-order chi connectivity index (χ0) is 11.2. The molecule has 0 aliphatic rings. The summed E-state index contributed by atoms with van der Waals surface area (Å²) in [5.74, 6) is -0.395. The van der Waals surface area contributed by atoms with Gasteiger partial charge in [-0.1, -0.05) is 47.0 Å². The molecular formula is C12H24O2. The number of carboxylic acids is 1. The molecule has 0 saturated heterocycles. The monoisotopic (exact) mass is 200 g/mol. The molecule has 0 aliphatic heterocycles. The lowest BCUT2D eigenvalue weighted by molar-refractivity contribution is -0.153. The fraction of sp³-hybridized carbons (Fsp3) is 0.917. The summed E-state index contributed by atoms with van der Waals surface area (Å²) in [6, 6.07) is 0. The summed E-state index contributed by atoms with van der Waals surface area (Å²) in [6.45, 7) is 8.16. The number of hydrogen-bond acceptors (Lipinski definition) is 1. The molecule has 2 nitrogen and oxygen atoms in total. The van der Waals surface area contributed by atoms with E-state index in [1.54, 1.807) is 0 Å². The molecular weight excluding hydrogens is 176 g/mol. The van der Waals surface area contributed by atoms with E-state index in [0.29, 0.717) is 0 Å². The molecule has 0 saturated carbocycles. The van der Waals surface area contributed by atoms with Gasteiger partial charge in [-0.05, 0) is 18.8 Å². The van der Waals surface area contributed by atoms with E-state index in [4.69, 9.17) is 0 Å². The Kier molecular flexibility index (Phi) is 5.82. The smallest absolute Gasteiger partial charge is 0.309 e. The van der Waals surface area contributed by atoms with Gasteiger partial charge in [0.25, 0.3) is 0 Å². The van der Waals surface area contributed by atoms with Gasteiger partial charge in [0.1, 0.15) is 0 Å². The topological polar surface area (TPSA) is 37.3 Å². The van der Waals surface area contributed by atoms with Crippen LogP contribution in [-0.4, -0.2) is 11.1 Å². The fourth-order valence-electron chi connectivity index (χ4n) is 2.07. The van der Waals surface area contributed by atoms with Gasteiger partial charge in [0, 0.05) is 0 Å². The van der Waals surface area contributed by atoms with Crippen molar-refractivity contribution in [2.24, 2.45) is 11.3 Å². The highest BCUT2D eigenvalue weighted by Gasteiger charge is 2.38. The van der Waals surface area contributed by atoms with E-state index in [0.717, 1.165) is 32.1 Å². The standard InChI is InChI=1S/C12H24O2/c1-5-7-8-9-12(6-2,10(3)4)11(13)14/h10H,5-9H2,1-4H3,(H,13,14). The molecule has 0 aromatic rings. The molecule has 0 rings (SSSR count). The van der Waals surface area contributed by atoms with Gasteiger partial charge in [-0.3, -0.25) is 4.79 Å². The maximum Gasteiger partial charge on any atom is 0.309 e. The SMILES string of the molecule is CCCCCC(CC)(C(=O)O)C(C)C. The van der Waals surface area contributed by atoms with Crippen LogP contribution >= 0.6 is 0 Å². The zero-order valence-corrected chi connectivity index (χ0v) is 9.97.